The normalized spacial score (nSPS) is 23.7. The second-order valence-corrected chi connectivity index (χ2v) is 6.84. The fourth-order valence-corrected chi connectivity index (χ4v) is 2.87. The van der Waals surface area contributed by atoms with Crippen LogP contribution in [0.2, 0.25) is 0 Å². The highest BCUT2D eigenvalue weighted by molar-refractivity contribution is 6.20. The number of carbonyl (C=O) groups is 2. The molecule has 21 heavy (non-hydrogen) atoms. The zero-order valence-electron chi connectivity index (χ0n) is 13.4. The lowest BCUT2D eigenvalue weighted by Gasteiger charge is -2.33. The monoisotopic (exact) mass is 319 g/mol. The molecule has 122 valence electrons. The van der Waals surface area contributed by atoms with Gasteiger partial charge in [-0.15, -0.1) is 0 Å². The maximum Gasteiger partial charge on any atom is 0.425 e. The summed E-state index contributed by atoms with van der Waals surface area (Å²) < 4.78 is 11.2. The SMILES string of the molecule is COC(=O)[C@H]1CCCCCC[C@H]1N(Cl)C(=O)OC(C)(C)C. The number of nitrogens with zero attached hydrogens (tertiary/aromatic N) is 1. The van der Waals surface area contributed by atoms with Crippen LogP contribution in [0.15, 0.2) is 0 Å². The summed E-state index contributed by atoms with van der Waals surface area (Å²) in [5.74, 6) is -0.698. The average molecular weight is 320 g/mol. The maximum atomic E-state index is 12.1. The molecule has 0 spiro atoms. The molecule has 0 bridgehead atoms. The smallest absolute Gasteiger partial charge is 0.425 e. The molecule has 1 rings (SSSR count). The van der Waals surface area contributed by atoms with Gasteiger partial charge in [-0.05, 0) is 33.6 Å². The van der Waals surface area contributed by atoms with Gasteiger partial charge in [-0.1, -0.05) is 25.7 Å². The van der Waals surface area contributed by atoms with E-state index in [0.29, 0.717) is 12.8 Å². The standard InChI is InChI=1S/C15H26ClNO4/c1-15(2,3)21-14(19)17(16)12-10-8-6-5-7-9-11(12)13(18)20-4/h11-12H,5-10H2,1-4H3/t11-,12+/m0/s1. The number of hydrogen-bond donors (Lipinski definition) is 0. The van der Waals surface area contributed by atoms with E-state index >= 15 is 0 Å². The zero-order chi connectivity index (χ0) is 16.0. The number of hydrogen-bond acceptors (Lipinski definition) is 4. The van der Waals surface area contributed by atoms with Gasteiger partial charge in [0, 0.05) is 11.8 Å². The predicted octanol–water partition coefficient (Wildman–Crippen LogP) is 3.89. The molecule has 6 heteroatoms. The van der Waals surface area contributed by atoms with Crippen LogP contribution in [0.1, 0.15) is 59.3 Å². The van der Waals surface area contributed by atoms with Crippen LogP contribution in [0.25, 0.3) is 0 Å². The third-order valence-corrected chi connectivity index (χ3v) is 3.98. The number of amides is 1. The molecule has 2 atom stereocenters. The fraction of sp³-hybridized carbons (Fsp3) is 0.867. The van der Waals surface area contributed by atoms with E-state index in [9.17, 15) is 9.59 Å². The van der Waals surface area contributed by atoms with E-state index in [1.54, 1.807) is 20.8 Å². The number of ether oxygens (including phenoxy) is 2. The van der Waals surface area contributed by atoms with Crippen molar-refractivity contribution in [1.29, 1.82) is 0 Å². The van der Waals surface area contributed by atoms with E-state index < -0.39 is 11.7 Å². The molecule has 0 aliphatic heterocycles. The minimum atomic E-state index is -0.618. The molecule has 0 aromatic heterocycles. The number of carbonyl (C=O) groups excluding carboxylic acids is 2. The summed E-state index contributed by atoms with van der Waals surface area (Å²) >= 11 is 6.19. The summed E-state index contributed by atoms with van der Waals surface area (Å²) in [6.45, 7) is 5.35. The first-order valence-electron chi connectivity index (χ1n) is 7.52. The van der Waals surface area contributed by atoms with Crippen LogP contribution in [0.5, 0.6) is 0 Å². The Bertz CT molecular complexity index is 367. The Hall–Kier alpha value is -0.970. The highest BCUT2D eigenvalue weighted by Gasteiger charge is 2.37. The van der Waals surface area contributed by atoms with Crippen LogP contribution in [0.3, 0.4) is 0 Å². The van der Waals surface area contributed by atoms with E-state index in [-0.39, 0.29) is 17.9 Å². The highest BCUT2D eigenvalue weighted by Crippen LogP contribution is 2.30. The fourth-order valence-electron chi connectivity index (χ4n) is 2.60. The van der Waals surface area contributed by atoms with E-state index in [1.165, 1.54) is 7.11 Å². The van der Waals surface area contributed by atoms with E-state index in [4.69, 9.17) is 21.3 Å². The van der Waals surface area contributed by atoms with Crippen molar-refractivity contribution >= 4 is 23.8 Å². The Morgan fingerprint density at radius 1 is 1.10 bits per heavy atom. The molecular weight excluding hydrogens is 294 g/mol. The first kappa shape index (κ1) is 18.1. The van der Waals surface area contributed by atoms with Crippen molar-refractivity contribution in [3.8, 4) is 0 Å². The minimum absolute atomic E-state index is 0.309. The first-order valence-corrected chi connectivity index (χ1v) is 7.86. The molecule has 0 aromatic rings. The summed E-state index contributed by atoms with van der Waals surface area (Å²) in [6.07, 6.45) is 4.81. The van der Waals surface area contributed by atoms with Gasteiger partial charge in [0.2, 0.25) is 0 Å². The van der Waals surface area contributed by atoms with E-state index in [0.717, 1.165) is 30.1 Å². The second-order valence-electron chi connectivity index (χ2n) is 6.48. The van der Waals surface area contributed by atoms with Crippen molar-refractivity contribution in [2.24, 2.45) is 5.92 Å². The van der Waals surface area contributed by atoms with E-state index in [1.807, 2.05) is 0 Å². The molecule has 0 aromatic carbocycles. The van der Waals surface area contributed by atoms with Crippen LogP contribution >= 0.6 is 11.8 Å². The molecular formula is C15H26ClNO4. The molecule has 0 unspecified atom stereocenters. The van der Waals surface area contributed by atoms with Gasteiger partial charge in [0.1, 0.15) is 5.60 Å². The van der Waals surface area contributed by atoms with Crippen molar-refractivity contribution < 1.29 is 19.1 Å². The van der Waals surface area contributed by atoms with Crippen LogP contribution in [0.4, 0.5) is 4.79 Å². The number of esters is 1. The maximum absolute atomic E-state index is 12.1. The number of methoxy groups -OCH3 is 1. The van der Waals surface area contributed by atoms with E-state index in [2.05, 4.69) is 0 Å². The van der Waals surface area contributed by atoms with Gasteiger partial charge in [-0.2, -0.15) is 0 Å². The largest absolute Gasteiger partial charge is 0.469 e. The van der Waals surface area contributed by atoms with Crippen LogP contribution < -0.4 is 0 Å². The van der Waals surface area contributed by atoms with Crippen molar-refractivity contribution in [1.82, 2.24) is 4.42 Å². The first-order chi connectivity index (χ1) is 9.76. The van der Waals surface area contributed by atoms with Crippen molar-refractivity contribution in [3.63, 3.8) is 0 Å². The summed E-state index contributed by atoms with van der Waals surface area (Å²) in [6, 6.07) is -0.380. The van der Waals surface area contributed by atoms with Gasteiger partial charge in [-0.3, -0.25) is 4.79 Å². The zero-order valence-corrected chi connectivity index (χ0v) is 14.1. The molecule has 0 N–H and O–H groups in total. The quantitative estimate of drug-likeness (QED) is 0.572. The molecule has 5 nitrogen and oxygen atoms in total. The Balaban J connectivity index is 2.84. The van der Waals surface area contributed by atoms with Crippen LogP contribution in [-0.4, -0.2) is 35.2 Å². The predicted molar refractivity (Wildman–Crippen MR) is 80.9 cm³/mol. The third kappa shape index (κ3) is 5.73. The van der Waals surface area contributed by atoms with Gasteiger partial charge in [0.05, 0.1) is 19.1 Å². The summed E-state index contributed by atoms with van der Waals surface area (Å²) in [5.41, 5.74) is -0.618. The lowest BCUT2D eigenvalue weighted by Crippen LogP contribution is -2.44. The minimum Gasteiger partial charge on any atom is -0.469 e. The Labute approximate surface area is 132 Å². The van der Waals surface area contributed by atoms with Gasteiger partial charge in [-0.25, -0.2) is 9.21 Å². The molecule has 1 aliphatic rings. The number of rotatable bonds is 2. The second kappa shape index (κ2) is 7.87. The highest BCUT2D eigenvalue weighted by atomic mass is 35.5. The lowest BCUT2D eigenvalue weighted by molar-refractivity contribution is -0.147. The lowest BCUT2D eigenvalue weighted by atomic mass is 9.87. The summed E-state index contributed by atoms with van der Waals surface area (Å²) in [4.78, 5) is 24.1. The Morgan fingerprint density at radius 3 is 2.19 bits per heavy atom. The molecule has 1 fully saturated rings. The topological polar surface area (TPSA) is 55.8 Å². The molecule has 1 amide bonds. The summed E-state index contributed by atoms with van der Waals surface area (Å²) in [7, 11) is 1.37. The number of halogens is 1. The third-order valence-electron chi connectivity index (χ3n) is 3.59. The van der Waals surface area contributed by atoms with Gasteiger partial charge in [0.25, 0.3) is 0 Å². The van der Waals surface area contributed by atoms with Crippen LogP contribution in [0, 0.1) is 5.92 Å². The summed E-state index contributed by atoms with van der Waals surface area (Å²) in [5, 5.41) is 0. The van der Waals surface area contributed by atoms with Crippen molar-refractivity contribution in [2.75, 3.05) is 7.11 Å². The molecule has 0 radical (unpaired) electrons. The van der Waals surface area contributed by atoms with Crippen LogP contribution in [-0.2, 0) is 14.3 Å². The van der Waals surface area contributed by atoms with Crippen molar-refractivity contribution in [3.05, 3.63) is 0 Å². The van der Waals surface area contributed by atoms with Gasteiger partial charge < -0.3 is 9.47 Å². The Morgan fingerprint density at radius 2 is 1.67 bits per heavy atom. The molecule has 1 aliphatic carbocycles. The van der Waals surface area contributed by atoms with Gasteiger partial charge >= 0.3 is 12.1 Å². The Kier molecular flexibility index (Phi) is 6.78. The molecule has 0 saturated heterocycles. The average Bonchev–Trinajstić information content (AvgIpc) is 2.35. The molecule has 0 heterocycles. The van der Waals surface area contributed by atoms with Crippen molar-refractivity contribution in [2.45, 2.75) is 70.9 Å². The molecule has 1 saturated carbocycles. The van der Waals surface area contributed by atoms with Gasteiger partial charge in [0.15, 0.2) is 0 Å².